The first-order valence-corrected chi connectivity index (χ1v) is 10.2. The summed E-state index contributed by atoms with van der Waals surface area (Å²) in [7, 11) is 1.45. The van der Waals surface area contributed by atoms with Gasteiger partial charge in [0, 0.05) is 26.2 Å². The Bertz CT molecular complexity index is 1180. The number of pyridine rings is 1. The highest BCUT2D eigenvalue weighted by molar-refractivity contribution is 6.34. The molecule has 0 spiro atoms. The maximum Gasteiger partial charge on any atom is 0.246 e. The second kappa shape index (κ2) is 8.64. The van der Waals surface area contributed by atoms with E-state index < -0.39 is 5.82 Å². The summed E-state index contributed by atoms with van der Waals surface area (Å²) in [5.41, 5.74) is 0.625. The highest BCUT2D eigenvalue weighted by Crippen LogP contribution is 2.38. The number of hydrogen-bond acceptors (Lipinski definition) is 6. The van der Waals surface area contributed by atoms with Gasteiger partial charge < -0.3 is 14.5 Å². The molecule has 1 fully saturated rings. The zero-order chi connectivity index (χ0) is 22.1. The van der Waals surface area contributed by atoms with Gasteiger partial charge in [0.1, 0.15) is 17.4 Å². The first-order valence-electron chi connectivity index (χ1n) is 9.46. The third-order valence-electron chi connectivity index (χ3n) is 5.09. The molecule has 1 amide bonds. The fraction of sp³-hybridized carbons (Fsp3) is 0.238. The Morgan fingerprint density at radius 2 is 1.94 bits per heavy atom. The van der Waals surface area contributed by atoms with Crippen LogP contribution in [0.3, 0.4) is 0 Å². The first-order chi connectivity index (χ1) is 14.9. The van der Waals surface area contributed by atoms with E-state index in [2.05, 4.69) is 21.5 Å². The van der Waals surface area contributed by atoms with E-state index in [-0.39, 0.29) is 33.1 Å². The van der Waals surface area contributed by atoms with Crippen molar-refractivity contribution in [1.29, 1.82) is 0 Å². The van der Waals surface area contributed by atoms with Crippen LogP contribution in [-0.2, 0) is 4.79 Å². The second-order valence-electron chi connectivity index (χ2n) is 6.84. The van der Waals surface area contributed by atoms with Gasteiger partial charge in [-0.1, -0.05) is 24.2 Å². The van der Waals surface area contributed by atoms with Gasteiger partial charge in [0.05, 0.1) is 28.8 Å². The van der Waals surface area contributed by atoms with E-state index in [0.29, 0.717) is 43.1 Å². The van der Waals surface area contributed by atoms with E-state index >= 15 is 0 Å². The summed E-state index contributed by atoms with van der Waals surface area (Å²) in [6, 6.07) is 6.13. The summed E-state index contributed by atoms with van der Waals surface area (Å²) in [4.78, 5) is 28.6. The second-order valence-corrected chi connectivity index (χ2v) is 7.59. The van der Waals surface area contributed by atoms with Crippen LogP contribution >= 0.6 is 23.2 Å². The lowest BCUT2D eigenvalue weighted by atomic mass is 10.1. The number of methoxy groups -OCH3 is 1. The number of hydrogen-bond donors (Lipinski definition) is 0. The predicted molar refractivity (Wildman–Crippen MR) is 118 cm³/mol. The van der Waals surface area contributed by atoms with Crippen molar-refractivity contribution in [2.45, 2.75) is 0 Å². The van der Waals surface area contributed by atoms with Gasteiger partial charge in [-0.25, -0.2) is 9.37 Å². The monoisotopic (exact) mass is 461 g/mol. The number of amides is 1. The minimum absolute atomic E-state index is 0.00775. The van der Waals surface area contributed by atoms with Crippen LogP contribution in [0.15, 0.2) is 36.9 Å². The Balaban J connectivity index is 1.78. The normalized spacial score (nSPS) is 14.1. The molecule has 0 unspecified atom stereocenters. The van der Waals surface area contributed by atoms with Crippen LogP contribution in [0, 0.1) is 5.82 Å². The van der Waals surface area contributed by atoms with Crippen molar-refractivity contribution >= 4 is 46.0 Å². The molecule has 1 aliphatic rings. The van der Waals surface area contributed by atoms with Crippen LogP contribution in [0.1, 0.15) is 0 Å². The van der Waals surface area contributed by atoms with Gasteiger partial charge in [0.25, 0.3) is 0 Å². The van der Waals surface area contributed by atoms with E-state index in [1.54, 1.807) is 23.1 Å². The lowest BCUT2D eigenvalue weighted by molar-refractivity contribution is -0.126. The topological polar surface area (TPSA) is 71.5 Å². The number of benzene rings is 1. The van der Waals surface area contributed by atoms with Crippen molar-refractivity contribution in [3.8, 4) is 17.0 Å². The molecule has 3 heterocycles. The molecule has 3 aromatic rings. The molecule has 0 saturated carbocycles. The molecule has 1 saturated heterocycles. The number of fused-ring (bicyclic) bond motifs is 1. The minimum atomic E-state index is -0.517. The molecule has 1 aromatic carbocycles. The quantitative estimate of drug-likeness (QED) is 0.432. The molecule has 0 radical (unpaired) electrons. The van der Waals surface area contributed by atoms with Gasteiger partial charge in [-0.05, 0) is 35.9 Å². The number of rotatable bonds is 4. The number of nitrogens with zero attached hydrogens (tertiary/aromatic N) is 5. The molecule has 10 heteroatoms. The molecule has 4 rings (SSSR count). The number of ether oxygens (including phenoxy) is 1. The third kappa shape index (κ3) is 4.00. The van der Waals surface area contributed by atoms with Crippen molar-refractivity contribution in [3.05, 3.63) is 53.0 Å². The largest absolute Gasteiger partial charge is 0.496 e. The Morgan fingerprint density at radius 1 is 1.19 bits per heavy atom. The number of halogens is 3. The Labute approximate surface area is 188 Å². The van der Waals surface area contributed by atoms with E-state index in [1.807, 2.05) is 4.90 Å². The van der Waals surface area contributed by atoms with E-state index in [9.17, 15) is 9.18 Å². The molecular formula is C21H18Cl2FN5O2. The molecular weight excluding hydrogens is 444 g/mol. The Morgan fingerprint density at radius 3 is 2.61 bits per heavy atom. The van der Waals surface area contributed by atoms with Gasteiger partial charge in [-0.2, -0.15) is 9.97 Å². The van der Waals surface area contributed by atoms with E-state index in [1.165, 1.54) is 19.3 Å². The molecule has 160 valence electrons. The zero-order valence-corrected chi connectivity index (χ0v) is 18.1. The number of aromatic nitrogens is 3. The van der Waals surface area contributed by atoms with Gasteiger partial charge >= 0.3 is 0 Å². The van der Waals surface area contributed by atoms with E-state index in [0.717, 1.165) is 0 Å². The summed E-state index contributed by atoms with van der Waals surface area (Å²) in [5, 5.41) is 0.814. The summed E-state index contributed by atoms with van der Waals surface area (Å²) >= 11 is 12.7. The lowest BCUT2D eigenvalue weighted by Gasteiger charge is -2.35. The van der Waals surface area contributed by atoms with Gasteiger partial charge in [-0.15, -0.1) is 0 Å². The fourth-order valence-electron chi connectivity index (χ4n) is 3.58. The summed E-state index contributed by atoms with van der Waals surface area (Å²) in [6.07, 6.45) is 1.30. The average Bonchev–Trinajstić information content (AvgIpc) is 2.78. The van der Waals surface area contributed by atoms with Gasteiger partial charge in [0.15, 0.2) is 5.65 Å². The van der Waals surface area contributed by atoms with Crippen molar-refractivity contribution in [2.75, 3.05) is 38.2 Å². The third-order valence-corrected chi connectivity index (χ3v) is 5.55. The van der Waals surface area contributed by atoms with Crippen molar-refractivity contribution in [2.24, 2.45) is 0 Å². The minimum Gasteiger partial charge on any atom is -0.496 e. The molecule has 0 N–H and O–H groups in total. The van der Waals surface area contributed by atoms with Crippen LogP contribution in [0.25, 0.3) is 22.3 Å². The van der Waals surface area contributed by atoms with Crippen LogP contribution in [0.2, 0.25) is 10.3 Å². The van der Waals surface area contributed by atoms with E-state index in [4.69, 9.17) is 27.9 Å². The number of anilines is 1. The van der Waals surface area contributed by atoms with Crippen LogP contribution in [0.5, 0.6) is 5.75 Å². The molecule has 2 aromatic heterocycles. The molecule has 1 aliphatic heterocycles. The number of piperazine rings is 1. The van der Waals surface area contributed by atoms with Gasteiger partial charge in [-0.3, -0.25) is 4.79 Å². The average molecular weight is 462 g/mol. The summed E-state index contributed by atoms with van der Waals surface area (Å²) in [5.74, 6) is 0.231. The van der Waals surface area contributed by atoms with Crippen molar-refractivity contribution in [3.63, 3.8) is 0 Å². The fourth-order valence-corrected chi connectivity index (χ4v) is 3.98. The SMILES string of the molecule is C=CC(=O)N1CCN(c2nc(Cl)nc3nc(-c4c(F)cccc4OC)c(Cl)cc23)CC1. The Hall–Kier alpha value is -2.97. The standard InChI is InChI=1S/C21H18Cl2FN5O2/c1-3-16(30)28-7-9-29(10-8-28)20-12-11-13(22)18(25-19(12)26-21(23)27-20)17-14(24)5-4-6-15(17)31-2/h3-6,11H,1,7-10H2,2H3. The predicted octanol–water partition coefficient (Wildman–Crippen LogP) is 3.98. The van der Waals surface area contributed by atoms with Crippen LogP contribution < -0.4 is 9.64 Å². The molecule has 0 bridgehead atoms. The smallest absolute Gasteiger partial charge is 0.246 e. The molecule has 7 nitrogen and oxygen atoms in total. The zero-order valence-electron chi connectivity index (χ0n) is 16.6. The highest BCUT2D eigenvalue weighted by atomic mass is 35.5. The maximum absolute atomic E-state index is 14.6. The van der Waals surface area contributed by atoms with Crippen molar-refractivity contribution in [1.82, 2.24) is 19.9 Å². The summed E-state index contributed by atoms with van der Waals surface area (Å²) in [6.45, 7) is 5.64. The van der Waals surface area contributed by atoms with Crippen molar-refractivity contribution < 1.29 is 13.9 Å². The first kappa shape index (κ1) is 21.3. The Kier molecular flexibility index (Phi) is 5.93. The summed E-state index contributed by atoms with van der Waals surface area (Å²) < 4.78 is 19.9. The van der Waals surface area contributed by atoms with Gasteiger partial charge in [0.2, 0.25) is 11.2 Å². The lowest BCUT2D eigenvalue weighted by Crippen LogP contribution is -2.48. The van der Waals surface area contributed by atoms with Crippen LogP contribution in [-0.4, -0.2) is 59.0 Å². The molecule has 31 heavy (non-hydrogen) atoms. The maximum atomic E-state index is 14.6. The molecule has 0 aliphatic carbocycles. The van der Waals surface area contributed by atoms with Crippen LogP contribution in [0.4, 0.5) is 10.2 Å². The number of carbonyl (C=O) groups excluding carboxylic acids is 1. The highest BCUT2D eigenvalue weighted by Gasteiger charge is 2.24. The molecule has 0 atom stereocenters. The number of carbonyl (C=O) groups is 1.